The number of hydrogen-bond acceptors (Lipinski definition) is 4. The van der Waals surface area contributed by atoms with E-state index >= 15 is 0 Å². The smallest absolute Gasteiger partial charge is 0.164 e. The molecule has 0 unspecified atom stereocenters. The van der Waals surface area contributed by atoms with Gasteiger partial charge in [0, 0.05) is 54.8 Å². The molecule has 0 saturated carbocycles. The van der Waals surface area contributed by atoms with Crippen molar-refractivity contribution >= 4 is 16.7 Å². The van der Waals surface area contributed by atoms with Crippen LogP contribution in [0.15, 0.2) is 54.6 Å². The van der Waals surface area contributed by atoms with Crippen molar-refractivity contribution in [3.8, 4) is 11.3 Å². The topological polar surface area (TPSA) is 63.1 Å². The summed E-state index contributed by atoms with van der Waals surface area (Å²) in [6, 6.07) is 13.7. The molecule has 0 saturated heterocycles. The molecule has 3 aromatic rings. The molecule has 0 bridgehead atoms. The quantitative estimate of drug-likeness (QED) is 0.182. The van der Waals surface area contributed by atoms with Crippen LogP contribution in [0.1, 0.15) is 72.4 Å². The van der Waals surface area contributed by atoms with Crippen LogP contribution >= 0.6 is 0 Å². The first-order valence-electron chi connectivity index (χ1n) is 11.4. The normalized spacial score (nSPS) is 12.1. The maximum Gasteiger partial charge on any atom is 0.164 e. The van der Waals surface area contributed by atoms with E-state index < -0.39 is 5.41 Å². The summed E-state index contributed by atoms with van der Waals surface area (Å²) in [4.78, 5) is 20.4. The summed E-state index contributed by atoms with van der Waals surface area (Å²) < 4.78 is 0. The summed E-state index contributed by atoms with van der Waals surface area (Å²) in [7, 11) is 0. The van der Waals surface area contributed by atoms with Gasteiger partial charge in [-0.1, -0.05) is 68.4 Å². The molecule has 0 spiro atoms. The minimum atomic E-state index is -0.417. The summed E-state index contributed by atoms with van der Waals surface area (Å²) in [6.07, 6.45) is 5.02. The Kier molecular flexibility index (Phi) is 10.3. The van der Waals surface area contributed by atoms with Gasteiger partial charge >= 0.3 is 0 Å². The van der Waals surface area contributed by atoms with Crippen LogP contribution in [0.25, 0.3) is 22.2 Å². The van der Waals surface area contributed by atoms with Gasteiger partial charge in [-0.3, -0.25) is 9.78 Å². The van der Waals surface area contributed by atoms with Crippen molar-refractivity contribution in [3.05, 3.63) is 71.8 Å². The van der Waals surface area contributed by atoms with E-state index in [1.54, 1.807) is 0 Å². The molecule has 3 rings (SSSR count). The summed E-state index contributed by atoms with van der Waals surface area (Å²) >= 11 is 0. The Balaban J connectivity index is 0.000000364. The van der Waals surface area contributed by atoms with Gasteiger partial charge in [0.15, 0.2) is 5.78 Å². The second-order valence-electron chi connectivity index (χ2n) is 10.8. The number of benzene rings is 1. The number of carbonyl (C=O) groups is 1. The zero-order valence-electron chi connectivity index (χ0n) is 21.8. The number of aromatic nitrogens is 2. The van der Waals surface area contributed by atoms with E-state index in [1.807, 2.05) is 72.1 Å². The average molecular weight is 638 g/mol. The van der Waals surface area contributed by atoms with E-state index in [0.29, 0.717) is 5.92 Å². The Morgan fingerprint density at radius 2 is 1.68 bits per heavy atom. The maximum absolute atomic E-state index is 11.5. The van der Waals surface area contributed by atoms with Crippen molar-refractivity contribution < 1.29 is 30.0 Å². The molecule has 1 aromatic carbocycles. The Hall–Kier alpha value is -2.36. The molecule has 0 fully saturated rings. The molecule has 1 radical (unpaired) electrons. The van der Waals surface area contributed by atoms with Gasteiger partial charge in [-0.05, 0) is 23.7 Å². The number of carbonyl (C=O) groups excluding carboxylic acids is 1. The number of aryl methyl sites for hydroxylation is 1. The van der Waals surface area contributed by atoms with Crippen LogP contribution in [0, 0.1) is 23.8 Å². The van der Waals surface area contributed by atoms with Gasteiger partial charge in [0.2, 0.25) is 0 Å². The van der Waals surface area contributed by atoms with E-state index in [9.17, 15) is 9.90 Å². The number of aliphatic hydroxyl groups excluding tert-OH is 1. The van der Waals surface area contributed by atoms with Gasteiger partial charge in [-0.2, -0.15) is 0 Å². The van der Waals surface area contributed by atoms with Crippen LogP contribution < -0.4 is 0 Å². The molecule has 0 aliphatic carbocycles. The monoisotopic (exact) mass is 638 g/mol. The molecule has 0 aliphatic rings. The van der Waals surface area contributed by atoms with Crippen molar-refractivity contribution in [2.75, 3.05) is 0 Å². The number of rotatable bonds is 3. The van der Waals surface area contributed by atoms with Crippen LogP contribution in [0.3, 0.4) is 0 Å². The molecule has 5 heteroatoms. The Bertz CT molecular complexity index is 1150. The summed E-state index contributed by atoms with van der Waals surface area (Å²) in [6.45, 7) is 17.6. The van der Waals surface area contributed by atoms with Crippen LogP contribution in [-0.2, 0) is 24.9 Å². The molecule has 2 aromatic heterocycles. The molecule has 1 N–H and O–H groups in total. The van der Waals surface area contributed by atoms with Crippen LogP contribution in [0.2, 0.25) is 0 Å². The zero-order valence-corrected chi connectivity index (χ0v) is 24.2. The average Bonchev–Trinajstić information content (AvgIpc) is 2.72. The fraction of sp³-hybridized carbons (Fsp3) is 0.414. The van der Waals surface area contributed by atoms with E-state index in [4.69, 9.17) is 0 Å². The predicted octanol–water partition coefficient (Wildman–Crippen LogP) is 7.62. The van der Waals surface area contributed by atoms with Crippen LogP contribution in [0.5, 0.6) is 0 Å². The van der Waals surface area contributed by atoms with Crippen molar-refractivity contribution in [1.82, 2.24) is 9.97 Å². The summed E-state index contributed by atoms with van der Waals surface area (Å²) in [5, 5.41) is 10.6. The second kappa shape index (κ2) is 11.9. The van der Waals surface area contributed by atoms with Gasteiger partial charge in [0.1, 0.15) is 5.76 Å². The predicted molar refractivity (Wildman–Crippen MR) is 137 cm³/mol. The third kappa shape index (κ3) is 8.45. The molecule has 0 atom stereocenters. The van der Waals surface area contributed by atoms with Crippen molar-refractivity contribution in [2.24, 2.45) is 10.8 Å². The first kappa shape index (κ1) is 29.7. The van der Waals surface area contributed by atoms with Crippen molar-refractivity contribution in [2.45, 2.75) is 68.2 Å². The Morgan fingerprint density at radius 3 is 2.24 bits per heavy atom. The number of hydrogen-bond donors (Lipinski definition) is 1. The third-order valence-electron chi connectivity index (χ3n) is 5.23. The summed E-state index contributed by atoms with van der Waals surface area (Å²) in [5.74, 6) is 0.605. The number of ketones is 1. The molecule has 4 nitrogen and oxygen atoms in total. The standard InChI is InChI=1S/C18H17N2.C11H20O2.Ir/c1-12(2)15-7-13(3)8-16(9-15)18-10-17-14(11-20-18)5-4-6-19-17;1-10(2,3)8(12)7-9(13)11(4,5)6;/h4-7,9-12H,1-3H3;7,12H,1-6H3;/q-1;;/b;8-7-;. The molecule has 34 heavy (non-hydrogen) atoms. The van der Waals surface area contributed by atoms with Gasteiger partial charge in [0.05, 0.1) is 5.52 Å². The fourth-order valence-corrected chi connectivity index (χ4v) is 2.88. The van der Waals surface area contributed by atoms with Gasteiger partial charge in [-0.25, -0.2) is 0 Å². The Labute approximate surface area is 218 Å². The number of nitrogens with zero attached hydrogens (tertiary/aromatic N) is 2. The molecular weight excluding hydrogens is 601 g/mol. The van der Waals surface area contributed by atoms with E-state index in [-0.39, 0.29) is 37.1 Å². The molecule has 0 amide bonds. The van der Waals surface area contributed by atoms with Crippen LogP contribution in [0.4, 0.5) is 0 Å². The van der Waals surface area contributed by atoms with Gasteiger partial charge < -0.3 is 10.1 Å². The second-order valence-corrected chi connectivity index (χ2v) is 10.8. The molecular formula is C29H37IrN2O2-. The Morgan fingerprint density at radius 1 is 1.03 bits per heavy atom. The minimum absolute atomic E-state index is 0. The fourth-order valence-electron chi connectivity index (χ4n) is 2.88. The number of aliphatic hydroxyl groups is 1. The van der Waals surface area contributed by atoms with Crippen LogP contribution in [-0.4, -0.2) is 20.9 Å². The number of fused-ring (bicyclic) bond motifs is 1. The van der Waals surface area contributed by atoms with E-state index in [2.05, 4.69) is 48.9 Å². The third-order valence-corrected chi connectivity index (χ3v) is 5.23. The van der Waals surface area contributed by atoms with Crippen molar-refractivity contribution in [3.63, 3.8) is 0 Å². The SMILES string of the molecule is CC(C)(C)C(=O)/C=C(\O)C(C)(C)C.Cc1[c-]c(-c2cc3ncccc3cn2)cc(C(C)C)c1.[Ir]. The first-order valence-corrected chi connectivity index (χ1v) is 11.4. The van der Waals surface area contributed by atoms with Gasteiger partial charge in [0.25, 0.3) is 0 Å². The largest absolute Gasteiger partial charge is 0.512 e. The molecule has 185 valence electrons. The molecule has 2 heterocycles. The minimum Gasteiger partial charge on any atom is -0.512 e. The molecule has 0 aliphatic heterocycles. The zero-order chi connectivity index (χ0) is 25.0. The van der Waals surface area contributed by atoms with Crippen molar-refractivity contribution in [1.29, 1.82) is 0 Å². The summed E-state index contributed by atoms with van der Waals surface area (Å²) in [5.41, 5.74) is 4.65. The maximum atomic E-state index is 11.5. The van der Waals surface area contributed by atoms with E-state index in [0.717, 1.165) is 27.7 Å². The number of allylic oxidation sites excluding steroid dienone is 2. The van der Waals surface area contributed by atoms with E-state index in [1.165, 1.54) is 11.6 Å². The number of pyridine rings is 2. The van der Waals surface area contributed by atoms with Gasteiger partial charge in [-0.15, -0.1) is 34.9 Å². The first-order chi connectivity index (χ1) is 15.2.